The number of ether oxygens (including phenoxy) is 1. The highest BCUT2D eigenvalue weighted by atomic mass is 19.1. The molecular weight excluding hydrogens is 435 g/mol. The van der Waals surface area contributed by atoms with Gasteiger partial charge in [-0.2, -0.15) is 10.2 Å². The molecule has 0 spiro atoms. The van der Waals surface area contributed by atoms with Crippen molar-refractivity contribution in [1.29, 1.82) is 0 Å². The minimum atomic E-state index is -0.835. The van der Waals surface area contributed by atoms with Crippen molar-refractivity contribution in [3.8, 4) is 28.4 Å². The molecule has 8 nitrogen and oxygen atoms in total. The molecule has 0 N–H and O–H groups in total. The van der Waals surface area contributed by atoms with Crippen LogP contribution in [0.2, 0.25) is 0 Å². The molecular formula is C22H16F3N7O. The smallest absolute Gasteiger partial charge is 0.242 e. The first kappa shape index (κ1) is 20.6. The molecule has 166 valence electrons. The number of nitrogens with zero attached hydrogens (tertiary/aromatic N) is 7. The van der Waals surface area contributed by atoms with Crippen LogP contribution in [0.5, 0.6) is 5.88 Å². The number of fused-ring (bicyclic) bond motifs is 1. The number of rotatable bonds is 6. The fourth-order valence-corrected chi connectivity index (χ4v) is 3.55. The van der Waals surface area contributed by atoms with E-state index in [-0.39, 0.29) is 35.0 Å². The molecule has 0 amide bonds. The monoisotopic (exact) mass is 451 g/mol. The molecule has 0 saturated heterocycles. The average molecular weight is 451 g/mol. The van der Waals surface area contributed by atoms with Crippen molar-refractivity contribution < 1.29 is 17.9 Å². The Morgan fingerprint density at radius 3 is 2.45 bits per heavy atom. The van der Waals surface area contributed by atoms with Crippen LogP contribution >= 0.6 is 0 Å². The first-order chi connectivity index (χ1) is 16.1. The number of hydrogen-bond acceptors (Lipinski definition) is 6. The quantitative estimate of drug-likeness (QED) is 0.387. The Hall–Kier alpha value is -4.28. The molecule has 0 unspecified atom stereocenters. The van der Waals surface area contributed by atoms with Gasteiger partial charge in [-0.1, -0.05) is 24.3 Å². The van der Waals surface area contributed by atoms with E-state index in [1.165, 1.54) is 29.2 Å². The zero-order chi connectivity index (χ0) is 22.9. The molecule has 11 heteroatoms. The predicted molar refractivity (Wildman–Crippen MR) is 112 cm³/mol. The third-order valence-corrected chi connectivity index (χ3v) is 5.08. The maximum atomic E-state index is 14.8. The molecule has 0 saturated carbocycles. The van der Waals surface area contributed by atoms with Crippen LogP contribution in [0.15, 0.2) is 55.0 Å². The van der Waals surface area contributed by atoms with Crippen molar-refractivity contribution >= 4 is 5.52 Å². The molecule has 3 aromatic heterocycles. The Morgan fingerprint density at radius 1 is 0.939 bits per heavy atom. The molecule has 0 radical (unpaired) electrons. The highest BCUT2D eigenvalue weighted by Gasteiger charge is 2.24. The lowest BCUT2D eigenvalue weighted by Gasteiger charge is -2.07. The van der Waals surface area contributed by atoms with Gasteiger partial charge < -0.3 is 4.74 Å². The van der Waals surface area contributed by atoms with Gasteiger partial charge in [-0.3, -0.25) is 0 Å². The van der Waals surface area contributed by atoms with Gasteiger partial charge in [-0.25, -0.2) is 27.4 Å². The van der Waals surface area contributed by atoms with Gasteiger partial charge in [0.05, 0.1) is 17.3 Å². The number of benzene rings is 2. The van der Waals surface area contributed by atoms with Crippen LogP contribution < -0.4 is 4.74 Å². The van der Waals surface area contributed by atoms with Gasteiger partial charge in [0, 0.05) is 12.1 Å². The van der Waals surface area contributed by atoms with Crippen LogP contribution in [0, 0.1) is 17.5 Å². The summed E-state index contributed by atoms with van der Waals surface area (Å²) < 4.78 is 52.5. The summed E-state index contributed by atoms with van der Waals surface area (Å²) in [6.07, 6.45) is 2.73. The third-order valence-electron chi connectivity index (χ3n) is 5.08. The van der Waals surface area contributed by atoms with Gasteiger partial charge in [-0.15, -0.1) is 10.2 Å². The van der Waals surface area contributed by atoms with Crippen LogP contribution in [0.25, 0.3) is 28.0 Å². The number of aromatic nitrogens is 7. The van der Waals surface area contributed by atoms with Gasteiger partial charge in [0.2, 0.25) is 5.88 Å². The van der Waals surface area contributed by atoms with E-state index in [9.17, 15) is 13.2 Å². The zero-order valence-electron chi connectivity index (χ0n) is 17.3. The molecule has 2 aromatic carbocycles. The molecule has 0 atom stereocenters. The lowest BCUT2D eigenvalue weighted by Crippen LogP contribution is -2.08. The topological polar surface area (TPSA) is 83.0 Å². The van der Waals surface area contributed by atoms with Crippen molar-refractivity contribution in [2.24, 2.45) is 0 Å². The maximum absolute atomic E-state index is 14.8. The summed E-state index contributed by atoms with van der Waals surface area (Å²) >= 11 is 0. The van der Waals surface area contributed by atoms with Gasteiger partial charge in [-0.05, 0) is 25.1 Å². The minimum absolute atomic E-state index is 0.0105. The van der Waals surface area contributed by atoms with Crippen LogP contribution in [-0.4, -0.2) is 34.6 Å². The molecule has 3 heterocycles. The van der Waals surface area contributed by atoms with Gasteiger partial charge >= 0.3 is 0 Å². The van der Waals surface area contributed by atoms with Crippen molar-refractivity contribution in [2.75, 3.05) is 0 Å². The first-order valence-corrected chi connectivity index (χ1v) is 10.0. The van der Waals surface area contributed by atoms with E-state index >= 15 is 0 Å². The van der Waals surface area contributed by atoms with E-state index < -0.39 is 23.0 Å². The van der Waals surface area contributed by atoms with E-state index in [2.05, 4.69) is 25.4 Å². The molecule has 0 aliphatic heterocycles. The van der Waals surface area contributed by atoms with Crippen molar-refractivity contribution in [2.45, 2.75) is 20.1 Å². The maximum Gasteiger partial charge on any atom is 0.242 e. The van der Waals surface area contributed by atoms with Crippen LogP contribution in [0.4, 0.5) is 13.2 Å². The Bertz CT molecular complexity index is 1440. The number of aryl methyl sites for hydroxylation is 1. The van der Waals surface area contributed by atoms with E-state index in [1.54, 1.807) is 22.9 Å². The van der Waals surface area contributed by atoms with E-state index in [0.717, 1.165) is 12.1 Å². The SMILES string of the molecule is CCn1ncnc1COc1nn2c(-c3c(F)cccc3F)nncc2c1-c1ccccc1F. The third kappa shape index (κ3) is 3.56. The van der Waals surface area contributed by atoms with Gasteiger partial charge in [0.15, 0.2) is 11.6 Å². The van der Waals surface area contributed by atoms with E-state index in [0.29, 0.717) is 12.4 Å². The summed E-state index contributed by atoms with van der Waals surface area (Å²) in [5, 5.41) is 16.3. The Labute approximate surface area is 185 Å². The zero-order valence-corrected chi connectivity index (χ0v) is 17.3. The predicted octanol–water partition coefficient (Wildman–Crippen LogP) is 4.07. The summed E-state index contributed by atoms with van der Waals surface area (Å²) in [4.78, 5) is 4.16. The van der Waals surface area contributed by atoms with E-state index in [4.69, 9.17) is 4.74 Å². The summed E-state index contributed by atoms with van der Waals surface area (Å²) in [5.74, 6) is -1.82. The minimum Gasteiger partial charge on any atom is -0.468 e. The second kappa shape index (κ2) is 8.34. The Balaban J connectivity index is 1.72. The average Bonchev–Trinajstić information content (AvgIpc) is 3.42. The van der Waals surface area contributed by atoms with Crippen molar-refractivity contribution in [3.63, 3.8) is 0 Å². The summed E-state index contributed by atoms with van der Waals surface area (Å²) in [5.41, 5.74) is 0.311. The lowest BCUT2D eigenvalue weighted by atomic mass is 10.1. The van der Waals surface area contributed by atoms with Crippen molar-refractivity contribution in [1.82, 2.24) is 34.6 Å². The summed E-state index contributed by atoms with van der Waals surface area (Å²) in [6, 6.07) is 9.51. The molecule has 33 heavy (non-hydrogen) atoms. The molecule has 0 aliphatic rings. The number of halogens is 3. The second-order valence-corrected chi connectivity index (χ2v) is 7.00. The molecule has 5 aromatic rings. The molecule has 0 bridgehead atoms. The molecule has 0 fully saturated rings. The standard InChI is InChI=1S/C22H16F3N7O/c1-2-31-18(26-12-28-31)11-33-22-19(13-6-3-4-7-14(13)23)17-10-27-29-21(32(17)30-22)20-15(24)8-5-9-16(20)25/h3-10,12H,2,11H2,1H3. The molecule has 5 rings (SSSR count). The second-order valence-electron chi connectivity index (χ2n) is 7.00. The largest absolute Gasteiger partial charge is 0.468 e. The van der Waals surface area contributed by atoms with Crippen LogP contribution in [0.1, 0.15) is 12.7 Å². The molecule has 0 aliphatic carbocycles. The Kier molecular flexibility index (Phi) is 5.21. The highest BCUT2D eigenvalue weighted by molar-refractivity contribution is 5.85. The Morgan fingerprint density at radius 2 is 1.70 bits per heavy atom. The van der Waals surface area contributed by atoms with Crippen LogP contribution in [0.3, 0.4) is 0 Å². The summed E-state index contributed by atoms with van der Waals surface area (Å²) in [6.45, 7) is 2.47. The van der Waals surface area contributed by atoms with Gasteiger partial charge in [0.1, 0.15) is 35.9 Å². The number of hydrogen-bond donors (Lipinski definition) is 0. The lowest BCUT2D eigenvalue weighted by molar-refractivity contribution is 0.276. The normalized spacial score (nSPS) is 11.3. The summed E-state index contributed by atoms with van der Waals surface area (Å²) in [7, 11) is 0. The van der Waals surface area contributed by atoms with E-state index in [1.807, 2.05) is 6.92 Å². The fraction of sp³-hybridized carbons (Fsp3) is 0.136. The van der Waals surface area contributed by atoms with Crippen LogP contribution in [-0.2, 0) is 13.2 Å². The highest BCUT2D eigenvalue weighted by Crippen LogP contribution is 2.37. The fourth-order valence-electron chi connectivity index (χ4n) is 3.55. The van der Waals surface area contributed by atoms with Crippen molar-refractivity contribution in [3.05, 3.63) is 78.3 Å². The van der Waals surface area contributed by atoms with Gasteiger partial charge in [0.25, 0.3) is 0 Å². The first-order valence-electron chi connectivity index (χ1n) is 10.0.